The number of thiophene rings is 1. The van der Waals surface area contributed by atoms with Crippen LogP contribution in [0.4, 0.5) is 34.1 Å². The molecule has 0 saturated carbocycles. The summed E-state index contributed by atoms with van der Waals surface area (Å²) in [5.74, 6) is 0.820. The van der Waals surface area contributed by atoms with Crippen molar-refractivity contribution in [1.82, 2.24) is 0 Å². The highest BCUT2D eigenvalue weighted by Gasteiger charge is 2.53. The van der Waals surface area contributed by atoms with E-state index in [-0.39, 0.29) is 23.0 Å². The summed E-state index contributed by atoms with van der Waals surface area (Å²) in [6.07, 6.45) is 0. The minimum absolute atomic E-state index is 0.0196. The Hall–Kier alpha value is -7.40. The van der Waals surface area contributed by atoms with E-state index in [2.05, 4.69) is 283 Å². The van der Waals surface area contributed by atoms with Crippen LogP contribution < -0.4 is 25.5 Å². The summed E-state index contributed by atoms with van der Waals surface area (Å²) in [5, 5.41) is 1.31. The second-order valence-corrected chi connectivity index (χ2v) is 28.5. The Kier molecular flexibility index (Phi) is 11.1. The predicted molar refractivity (Wildman–Crippen MR) is 347 cm³/mol. The average Bonchev–Trinajstić information content (AvgIpc) is 2.28. The van der Waals surface area contributed by atoms with Gasteiger partial charge in [0, 0.05) is 43.3 Å². The fourth-order valence-corrected chi connectivity index (χ4v) is 15.9. The molecule has 4 aliphatic rings. The van der Waals surface area contributed by atoms with E-state index in [4.69, 9.17) is 0 Å². The van der Waals surface area contributed by atoms with Crippen molar-refractivity contribution >= 4 is 78.0 Å². The van der Waals surface area contributed by atoms with Crippen LogP contribution in [-0.2, 0) is 21.7 Å². The van der Waals surface area contributed by atoms with Crippen molar-refractivity contribution < 1.29 is 0 Å². The number of nitrogens with zero attached hydrogens (tertiary/aromatic N) is 2. The molecule has 2 aliphatic carbocycles. The van der Waals surface area contributed by atoms with Crippen LogP contribution in [0.5, 0.6) is 0 Å². The van der Waals surface area contributed by atoms with Crippen LogP contribution in [0.25, 0.3) is 43.5 Å². The van der Waals surface area contributed by atoms with Crippen LogP contribution in [0.2, 0.25) is 0 Å². The first-order valence-electron chi connectivity index (χ1n) is 29.3. The Bertz CT molecular complexity index is 4130. The second kappa shape index (κ2) is 17.6. The fourth-order valence-electron chi connectivity index (χ4n) is 14.6. The van der Waals surface area contributed by atoms with Crippen LogP contribution in [0.15, 0.2) is 176 Å². The van der Waals surface area contributed by atoms with E-state index >= 15 is 0 Å². The number of aryl methyl sites for hydroxylation is 1. The van der Waals surface area contributed by atoms with Gasteiger partial charge in [-0.1, -0.05) is 211 Å². The van der Waals surface area contributed by atoms with Crippen LogP contribution in [0, 0.1) is 6.92 Å². The summed E-state index contributed by atoms with van der Waals surface area (Å²) in [6, 6.07) is 69.8. The molecule has 0 amide bonds. The van der Waals surface area contributed by atoms with E-state index < -0.39 is 5.41 Å². The van der Waals surface area contributed by atoms with Gasteiger partial charge in [-0.05, 0) is 190 Å². The Labute approximate surface area is 480 Å². The minimum atomic E-state index is -0.451. The van der Waals surface area contributed by atoms with E-state index in [1.54, 1.807) is 0 Å². The first-order chi connectivity index (χ1) is 38.1. The molecule has 0 atom stereocenters. The molecule has 0 bridgehead atoms. The summed E-state index contributed by atoms with van der Waals surface area (Å²) in [4.78, 5) is 5.29. The molecular weight excluding hydrogens is 984 g/mol. The lowest BCUT2D eigenvalue weighted by Crippen LogP contribution is -2.60. The summed E-state index contributed by atoms with van der Waals surface area (Å²) >= 11 is 2.02. The smallest absolute Gasteiger partial charge is 0.264 e. The van der Waals surface area contributed by atoms with Gasteiger partial charge in [-0.25, -0.2) is 0 Å². The molecule has 1 aromatic heterocycles. The summed E-state index contributed by atoms with van der Waals surface area (Å²) < 4.78 is 2.72. The van der Waals surface area contributed by atoms with Gasteiger partial charge in [-0.3, -0.25) is 0 Å². The molecule has 80 heavy (non-hydrogen) atoms. The maximum absolute atomic E-state index is 2.66. The van der Waals surface area contributed by atoms with Gasteiger partial charge in [0.25, 0.3) is 6.71 Å². The van der Waals surface area contributed by atoms with Crippen molar-refractivity contribution in [2.45, 2.75) is 130 Å². The quantitative estimate of drug-likeness (QED) is 0.159. The Morgan fingerprint density at radius 1 is 0.463 bits per heavy atom. The molecule has 1 spiro atoms. The molecule has 9 aromatic carbocycles. The second-order valence-electron chi connectivity index (χ2n) is 27.4. The number of anilines is 6. The van der Waals surface area contributed by atoms with E-state index in [1.807, 2.05) is 11.3 Å². The zero-order valence-electron chi connectivity index (χ0n) is 49.3. The topological polar surface area (TPSA) is 6.48 Å². The van der Waals surface area contributed by atoms with E-state index in [0.29, 0.717) is 11.8 Å². The summed E-state index contributed by atoms with van der Waals surface area (Å²) in [6.45, 7) is 32.7. The predicted octanol–water partition coefficient (Wildman–Crippen LogP) is 19.4. The van der Waals surface area contributed by atoms with Crippen LogP contribution >= 0.6 is 11.3 Å². The molecule has 0 radical (unpaired) electrons. The third-order valence-electron chi connectivity index (χ3n) is 18.5. The number of hydrogen-bond acceptors (Lipinski definition) is 3. The zero-order valence-corrected chi connectivity index (χ0v) is 50.1. The Morgan fingerprint density at radius 3 is 1.61 bits per heavy atom. The normalized spacial score (nSPS) is 14.6. The van der Waals surface area contributed by atoms with Crippen LogP contribution in [0.3, 0.4) is 0 Å². The lowest BCUT2D eigenvalue weighted by molar-refractivity contribution is 0.572. The summed E-state index contributed by atoms with van der Waals surface area (Å²) in [7, 11) is 0. The lowest BCUT2D eigenvalue weighted by Gasteiger charge is -2.43. The molecule has 4 heteroatoms. The fraction of sp³-hybridized carbons (Fsp3) is 0.263. The van der Waals surface area contributed by atoms with Crippen LogP contribution in [0.1, 0.15) is 157 Å². The Balaban J connectivity index is 1.09. The monoisotopic (exact) mass is 1060 g/mol. The van der Waals surface area contributed by atoms with Gasteiger partial charge in [0.1, 0.15) is 0 Å². The zero-order chi connectivity index (χ0) is 55.7. The Morgan fingerprint density at radius 2 is 1.01 bits per heavy atom. The van der Waals surface area contributed by atoms with Gasteiger partial charge in [0.2, 0.25) is 0 Å². The maximum atomic E-state index is 2.66. The highest BCUT2D eigenvalue weighted by molar-refractivity contribution is 7.33. The van der Waals surface area contributed by atoms with Gasteiger partial charge in [-0.2, -0.15) is 0 Å². The van der Waals surface area contributed by atoms with Crippen molar-refractivity contribution in [3.05, 3.63) is 232 Å². The molecule has 0 N–H and O–H groups in total. The highest BCUT2D eigenvalue weighted by Crippen LogP contribution is 2.64. The summed E-state index contributed by atoms with van der Waals surface area (Å²) in [5.41, 5.74) is 31.2. The molecule has 10 aromatic rings. The van der Waals surface area contributed by atoms with Gasteiger partial charge in [0.15, 0.2) is 0 Å². The lowest BCUT2D eigenvalue weighted by atomic mass is 9.36. The van der Waals surface area contributed by atoms with E-state index in [1.165, 1.54) is 149 Å². The van der Waals surface area contributed by atoms with Crippen molar-refractivity contribution in [3.8, 4) is 33.4 Å². The van der Waals surface area contributed by atoms with E-state index in [9.17, 15) is 0 Å². The third kappa shape index (κ3) is 7.29. The third-order valence-corrected chi connectivity index (χ3v) is 19.7. The molecule has 0 unspecified atom stereocenters. The van der Waals surface area contributed by atoms with Gasteiger partial charge in [-0.15, -0.1) is 11.3 Å². The number of rotatable bonds is 5. The first kappa shape index (κ1) is 50.8. The van der Waals surface area contributed by atoms with Gasteiger partial charge in [0.05, 0.1) is 11.1 Å². The van der Waals surface area contributed by atoms with Crippen LogP contribution in [-0.4, -0.2) is 6.71 Å². The van der Waals surface area contributed by atoms with Crippen molar-refractivity contribution in [1.29, 1.82) is 0 Å². The molecule has 2 aliphatic heterocycles. The molecular formula is C76H73BN2S. The number of fused-ring (bicyclic) bond motifs is 16. The van der Waals surface area contributed by atoms with E-state index in [0.717, 1.165) is 0 Å². The van der Waals surface area contributed by atoms with Crippen molar-refractivity contribution in [3.63, 3.8) is 0 Å². The molecule has 14 rings (SSSR count). The van der Waals surface area contributed by atoms with Gasteiger partial charge < -0.3 is 9.80 Å². The number of benzene rings is 9. The SMILES string of the molecule is Cc1cc2c3c(c1)N(c1ccc(C(C)C)cc1)c1c(sc4cc5c(cc14)-c1ccc(C(C)C)cc1C51c4ccccc4-c4ccccc41)B3c1ccc(-c3c(C(C)(C)C)cccc3C(C)(C)C)cc1N2c1ccc(C(C)(C)C)cc1. The van der Waals surface area contributed by atoms with Crippen molar-refractivity contribution in [2.24, 2.45) is 0 Å². The molecule has 0 saturated heterocycles. The molecule has 2 nitrogen and oxygen atoms in total. The molecule has 396 valence electrons. The minimum Gasteiger partial charge on any atom is -0.311 e. The number of hydrogen-bond donors (Lipinski definition) is 0. The average molecular weight is 1060 g/mol. The standard InChI is InChI=1S/C76H73BN2S/c1-44(2)47-26-32-52(33-27-47)79-67-39-46(5)38-66-70(67)77(64-37-29-49(69-60(74(9,10)11)24-19-25-61(69)75(12,13)14)41-65(64)78(66)51-34-30-50(31-35-51)73(6,7)8)72-71(79)57-42-56-55-36-28-48(45(3)4)40-62(55)76(63(56)43-68(57)80-72)58-22-17-15-20-53(58)54-21-16-18-23-59(54)76/h15-45H,1-14H3. The maximum Gasteiger partial charge on any atom is 0.264 e. The largest absolute Gasteiger partial charge is 0.311 e. The van der Waals surface area contributed by atoms with Crippen molar-refractivity contribution in [2.75, 3.05) is 9.80 Å². The van der Waals surface area contributed by atoms with Gasteiger partial charge >= 0.3 is 0 Å². The molecule has 0 fully saturated rings. The molecule has 3 heterocycles. The highest BCUT2D eigenvalue weighted by atomic mass is 32.1. The first-order valence-corrected chi connectivity index (χ1v) is 30.1.